The lowest BCUT2D eigenvalue weighted by molar-refractivity contribution is 0.0940. The van der Waals surface area contributed by atoms with Crippen LogP contribution in [0.3, 0.4) is 0 Å². The van der Waals surface area contributed by atoms with Crippen LogP contribution in [0.25, 0.3) is 10.1 Å². The fourth-order valence-electron chi connectivity index (χ4n) is 2.47. The number of aryl methyl sites for hydroxylation is 1. The van der Waals surface area contributed by atoms with E-state index in [9.17, 15) is 9.59 Å². The summed E-state index contributed by atoms with van der Waals surface area (Å²) >= 11 is 1.51. The third kappa shape index (κ3) is 3.24. The van der Waals surface area contributed by atoms with E-state index >= 15 is 0 Å². The van der Waals surface area contributed by atoms with Gasteiger partial charge in [-0.05, 0) is 32.3 Å². The number of pyridine rings is 1. The first kappa shape index (κ1) is 16.7. The molecule has 0 radical (unpaired) electrons. The number of nitrogens with zero attached hydrogens (tertiary/aromatic N) is 1. The van der Waals surface area contributed by atoms with E-state index in [4.69, 9.17) is 0 Å². The van der Waals surface area contributed by atoms with Crippen molar-refractivity contribution in [3.8, 4) is 0 Å². The highest BCUT2D eigenvalue weighted by Gasteiger charge is 2.21. The molecule has 1 atom stereocenters. The minimum absolute atomic E-state index is 0.0650. The third-order valence-corrected chi connectivity index (χ3v) is 4.84. The highest BCUT2D eigenvalue weighted by atomic mass is 32.1. The van der Waals surface area contributed by atoms with Crippen molar-refractivity contribution in [1.82, 2.24) is 9.88 Å². The first-order chi connectivity index (χ1) is 10.3. The molecule has 1 amide bonds. The van der Waals surface area contributed by atoms with Gasteiger partial charge in [0, 0.05) is 28.4 Å². The Hall–Kier alpha value is -1.62. The number of hydrogen-bond acceptors (Lipinski definition) is 3. The third-order valence-electron chi connectivity index (χ3n) is 3.77. The Morgan fingerprint density at radius 3 is 2.64 bits per heavy atom. The van der Waals surface area contributed by atoms with E-state index in [1.807, 2.05) is 33.0 Å². The highest BCUT2D eigenvalue weighted by molar-refractivity contribution is 7.19. The number of fused-ring (bicyclic) bond motifs is 1. The van der Waals surface area contributed by atoms with Crippen LogP contribution in [0.1, 0.15) is 49.4 Å². The van der Waals surface area contributed by atoms with Crippen LogP contribution < -0.4 is 10.9 Å². The maximum Gasteiger partial charge on any atom is 0.260 e. The largest absolute Gasteiger partial charge is 0.350 e. The number of carbonyl (C=O) groups is 1. The Morgan fingerprint density at radius 2 is 2.05 bits per heavy atom. The summed E-state index contributed by atoms with van der Waals surface area (Å²) < 4.78 is 2.59. The number of carbonyl (C=O) groups excluding carboxylic acids is 1. The molecule has 0 bridgehead atoms. The fraction of sp³-hybridized carbons (Fsp3) is 0.529. The summed E-state index contributed by atoms with van der Waals surface area (Å²) in [6.45, 7) is 10.7. The Bertz CT molecular complexity index is 743. The lowest BCUT2D eigenvalue weighted by atomic mass is 10.1. The van der Waals surface area contributed by atoms with Crippen LogP contribution in [0, 0.1) is 12.8 Å². The number of aromatic nitrogens is 1. The molecule has 2 aromatic heterocycles. The van der Waals surface area contributed by atoms with Gasteiger partial charge in [-0.15, -0.1) is 11.3 Å². The van der Waals surface area contributed by atoms with Gasteiger partial charge in [-0.1, -0.05) is 20.8 Å². The van der Waals surface area contributed by atoms with Crippen molar-refractivity contribution in [2.45, 2.75) is 53.6 Å². The van der Waals surface area contributed by atoms with Gasteiger partial charge < -0.3 is 9.88 Å². The van der Waals surface area contributed by atoms with Crippen LogP contribution in [0.2, 0.25) is 0 Å². The standard InChI is InChI=1S/C17H24N2O2S/c1-6-11(4)18-16(20)14-12(5)22-13-7-8-19(9-10(2)3)17(21)15(13)14/h7-8,10-11H,6,9H2,1-5H3,(H,18,20). The summed E-state index contributed by atoms with van der Waals surface area (Å²) in [5, 5.41) is 3.53. The molecule has 0 aromatic carbocycles. The van der Waals surface area contributed by atoms with Crippen molar-refractivity contribution in [2.24, 2.45) is 5.92 Å². The molecule has 0 saturated heterocycles. The zero-order valence-electron chi connectivity index (χ0n) is 13.9. The van der Waals surface area contributed by atoms with Gasteiger partial charge in [-0.3, -0.25) is 9.59 Å². The maximum absolute atomic E-state index is 12.7. The zero-order chi connectivity index (χ0) is 16.4. The van der Waals surface area contributed by atoms with Gasteiger partial charge in [0.05, 0.1) is 10.9 Å². The van der Waals surface area contributed by atoms with Crippen molar-refractivity contribution in [2.75, 3.05) is 0 Å². The smallest absolute Gasteiger partial charge is 0.260 e. The highest BCUT2D eigenvalue weighted by Crippen LogP contribution is 2.28. The predicted molar refractivity (Wildman–Crippen MR) is 92.9 cm³/mol. The SMILES string of the molecule is CCC(C)NC(=O)c1c(C)sc2ccn(CC(C)C)c(=O)c12. The fourth-order valence-corrected chi connectivity index (χ4v) is 3.52. The van der Waals surface area contributed by atoms with Crippen molar-refractivity contribution < 1.29 is 4.79 Å². The van der Waals surface area contributed by atoms with Crippen LogP contribution in [0.15, 0.2) is 17.1 Å². The average molecular weight is 320 g/mol. The molecule has 22 heavy (non-hydrogen) atoms. The van der Waals surface area contributed by atoms with E-state index in [0.29, 0.717) is 23.4 Å². The van der Waals surface area contributed by atoms with E-state index in [-0.39, 0.29) is 17.5 Å². The second-order valence-electron chi connectivity index (χ2n) is 6.22. The molecule has 0 aliphatic carbocycles. The molecular weight excluding hydrogens is 296 g/mol. The monoisotopic (exact) mass is 320 g/mol. The molecule has 1 N–H and O–H groups in total. The molecule has 0 spiro atoms. The van der Waals surface area contributed by atoms with Crippen molar-refractivity contribution in [3.05, 3.63) is 33.1 Å². The number of hydrogen-bond donors (Lipinski definition) is 1. The predicted octanol–water partition coefficient (Wildman–Crippen LogP) is 3.56. The lowest BCUT2D eigenvalue weighted by Gasteiger charge is -2.12. The van der Waals surface area contributed by atoms with E-state index in [1.54, 1.807) is 4.57 Å². The Balaban J connectivity index is 2.56. The summed E-state index contributed by atoms with van der Waals surface area (Å²) in [4.78, 5) is 26.2. The van der Waals surface area contributed by atoms with Crippen molar-refractivity contribution in [3.63, 3.8) is 0 Å². The molecule has 2 rings (SSSR count). The molecular formula is C17H24N2O2S. The van der Waals surface area contributed by atoms with Gasteiger partial charge in [0.1, 0.15) is 0 Å². The number of thiophene rings is 1. The van der Waals surface area contributed by atoms with Gasteiger partial charge in [0.2, 0.25) is 0 Å². The van der Waals surface area contributed by atoms with E-state index < -0.39 is 0 Å². The number of rotatable bonds is 5. The molecule has 2 aromatic rings. The zero-order valence-corrected chi connectivity index (χ0v) is 14.7. The normalized spacial score (nSPS) is 12.8. The molecule has 4 nitrogen and oxygen atoms in total. The summed E-state index contributed by atoms with van der Waals surface area (Å²) in [5.41, 5.74) is 0.480. The Kier molecular flexibility index (Phi) is 5.06. The second-order valence-corrected chi connectivity index (χ2v) is 7.48. The minimum Gasteiger partial charge on any atom is -0.350 e. The quantitative estimate of drug-likeness (QED) is 0.916. The summed E-state index contributed by atoms with van der Waals surface area (Å²) in [5.74, 6) is 0.241. The first-order valence-corrected chi connectivity index (χ1v) is 8.60. The molecule has 1 unspecified atom stereocenters. The number of nitrogens with one attached hydrogen (secondary N) is 1. The summed E-state index contributed by atoms with van der Waals surface area (Å²) in [7, 11) is 0. The molecule has 2 heterocycles. The van der Waals surface area contributed by atoms with Gasteiger partial charge in [-0.2, -0.15) is 0 Å². The van der Waals surface area contributed by atoms with E-state index in [2.05, 4.69) is 19.2 Å². The van der Waals surface area contributed by atoms with Crippen LogP contribution in [-0.2, 0) is 6.54 Å². The molecule has 0 aliphatic rings. The molecule has 0 fully saturated rings. The lowest BCUT2D eigenvalue weighted by Crippen LogP contribution is -2.33. The Labute approximate surface area is 135 Å². The Morgan fingerprint density at radius 1 is 1.36 bits per heavy atom. The van der Waals surface area contributed by atoms with Crippen LogP contribution >= 0.6 is 11.3 Å². The van der Waals surface area contributed by atoms with Crippen LogP contribution in [0.4, 0.5) is 0 Å². The van der Waals surface area contributed by atoms with E-state index in [1.165, 1.54) is 11.3 Å². The molecule has 5 heteroatoms. The van der Waals surface area contributed by atoms with Crippen LogP contribution in [-0.4, -0.2) is 16.5 Å². The van der Waals surface area contributed by atoms with Crippen LogP contribution in [0.5, 0.6) is 0 Å². The van der Waals surface area contributed by atoms with Gasteiger partial charge in [0.25, 0.3) is 11.5 Å². The summed E-state index contributed by atoms with van der Waals surface area (Å²) in [6, 6.07) is 2.04. The minimum atomic E-state index is -0.141. The molecule has 120 valence electrons. The van der Waals surface area contributed by atoms with Crippen molar-refractivity contribution in [1.29, 1.82) is 0 Å². The van der Waals surface area contributed by atoms with Gasteiger partial charge in [-0.25, -0.2) is 0 Å². The maximum atomic E-state index is 12.7. The summed E-state index contributed by atoms with van der Waals surface area (Å²) in [6.07, 6.45) is 2.70. The first-order valence-electron chi connectivity index (χ1n) is 7.78. The molecule has 0 aliphatic heterocycles. The molecule has 0 saturated carbocycles. The van der Waals surface area contributed by atoms with Gasteiger partial charge in [0.15, 0.2) is 0 Å². The van der Waals surface area contributed by atoms with Gasteiger partial charge >= 0.3 is 0 Å². The van der Waals surface area contributed by atoms with E-state index in [0.717, 1.165) is 16.0 Å². The van der Waals surface area contributed by atoms with Crippen molar-refractivity contribution >= 4 is 27.3 Å². The number of amides is 1. The average Bonchev–Trinajstić information content (AvgIpc) is 2.78. The topological polar surface area (TPSA) is 51.1 Å². The second kappa shape index (κ2) is 6.65.